The van der Waals surface area contributed by atoms with E-state index < -0.39 is 30.4 Å². The van der Waals surface area contributed by atoms with Gasteiger partial charge in [0.1, 0.15) is 18.8 Å². The summed E-state index contributed by atoms with van der Waals surface area (Å²) in [4.78, 5) is 42.9. The highest BCUT2D eigenvalue weighted by Crippen LogP contribution is 2.26. The van der Waals surface area contributed by atoms with E-state index in [1.165, 1.54) is 4.90 Å². The molecule has 2 aliphatic rings. The zero-order valence-electron chi connectivity index (χ0n) is 25.8. The molecule has 0 aromatic heterocycles. The van der Waals surface area contributed by atoms with E-state index in [1.54, 1.807) is 19.0 Å². The normalized spacial score (nSPS) is 27.2. The van der Waals surface area contributed by atoms with E-state index >= 15 is 0 Å². The Morgan fingerprint density at radius 3 is 2.52 bits per heavy atom. The summed E-state index contributed by atoms with van der Waals surface area (Å²) in [5.41, 5.74) is 2.52. The summed E-state index contributed by atoms with van der Waals surface area (Å²) >= 11 is 0. The second kappa shape index (κ2) is 15.7. The van der Waals surface area contributed by atoms with Gasteiger partial charge in [-0.15, -0.1) is 0 Å². The fraction of sp³-hybridized carbons (Fsp3) is 0.594. The Bertz CT molecular complexity index is 1130. The van der Waals surface area contributed by atoms with Gasteiger partial charge in [0.05, 0.1) is 12.5 Å². The van der Waals surface area contributed by atoms with E-state index in [0.717, 1.165) is 29.8 Å². The minimum atomic E-state index is -0.848. The zero-order chi connectivity index (χ0) is 30.8. The van der Waals surface area contributed by atoms with E-state index in [-0.39, 0.29) is 31.0 Å². The van der Waals surface area contributed by atoms with Gasteiger partial charge in [0.2, 0.25) is 0 Å². The van der Waals surface area contributed by atoms with Gasteiger partial charge in [-0.1, -0.05) is 44.2 Å². The van der Waals surface area contributed by atoms with Gasteiger partial charge in [-0.2, -0.15) is 0 Å². The highest BCUT2D eigenvalue weighted by Gasteiger charge is 2.29. The highest BCUT2D eigenvalue weighted by atomic mass is 16.6. The molecule has 232 valence electrons. The maximum absolute atomic E-state index is 13.0. The molecule has 0 saturated carbocycles. The molecule has 0 unspecified atom stereocenters. The summed E-state index contributed by atoms with van der Waals surface area (Å²) in [6.45, 7) is 8.84. The van der Waals surface area contributed by atoms with Crippen LogP contribution in [0, 0.1) is 11.8 Å². The van der Waals surface area contributed by atoms with Crippen molar-refractivity contribution < 1.29 is 33.7 Å². The standard InChI is InChI=1S/C32H47N3O7/c1-22-10-12-27(36)20-29(37)42-30(23(2)11-13-28(22)41-32(39)35-16-14-34(6)15-17-35)24(3)18-25-8-7-9-26(19-25)21-40-31(38)33(4)5/h7-9,11,13,18-19,22-23,27-28,30,36H,10,12,14-17,20-21H2,1-6H3/b13-11-,24-18+/t22-,23-,27+,28-,30-/m0/s1. The number of likely N-dealkylation sites (N-methyl/N-ethyl adjacent to an activating group) is 1. The molecule has 5 atom stereocenters. The molecule has 1 aromatic rings. The van der Waals surface area contributed by atoms with Crippen molar-refractivity contribution in [2.75, 3.05) is 47.3 Å². The summed E-state index contributed by atoms with van der Waals surface area (Å²) in [5, 5.41) is 10.6. The number of benzene rings is 1. The van der Waals surface area contributed by atoms with Crippen LogP contribution in [-0.2, 0) is 25.6 Å². The predicted octanol–water partition coefficient (Wildman–Crippen LogP) is 4.33. The first-order chi connectivity index (χ1) is 19.9. The third kappa shape index (κ3) is 10.2. The van der Waals surface area contributed by atoms with Crippen LogP contribution in [0.2, 0.25) is 0 Å². The van der Waals surface area contributed by atoms with Crippen LogP contribution in [0.5, 0.6) is 0 Å². The minimum absolute atomic E-state index is 0.0469. The van der Waals surface area contributed by atoms with E-state index in [2.05, 4.69) is 4.90 Å². The largest absolute Gasteiger partial charge is 0.457 e. The number of carbonyl (C=O) groups excluding carboxylic acids is 3. The average molecular weight is 586 g/mol. The summed E-state index contributed by atoms with van der Waals surface area (Å²) in [5.74, 6) is -0.742. The number of nitrogens with zero attached hydrogens (tertiary/aromatic N) is 3. The van der Waals surface area contributed by atoms with Gasteiger partial charge in [-0.05, 0) is 61.6 Å². The van der Waals surface area contributed by atoms with Crippen LogP contribution < -0.4 is 0 Å². The number of esters is 1. The maximum atomic E-state index is 13.0. The summed E-state index contributed by atoms with van der Waals surface area (Å²) in [6.07, 6.45) is 3.99. The van der Waals surface area contributed by atoms with Crippen LogP contribution in [0.25, 0.3) is 6.08 Å². The molecule has 0 bridgehead atoms. The Kier molecular flexibility index (Phi) is 12.4. The van der Waals surface area contributed by atoms with Crippen molar-refractivity contribution in [3.8, 4) is 0 Å². The number of aliphatic hydroxyl groups excluding tert-OH is 1. The van der Waals surface area contributed by atoms with Crippen molar-refractivity contribution >= 4 is 24.2 Å². The van der Waals surface area contributed by atoms with E-state index in [0.29, 0.717) is 25.9 Å². The third-order valence-electron chi connectivity index (χ3n) is 7.78. The van der Waals surface area contributed by atoms with Gasteiger partial charge in [-0.3, -0.25) is 4.79 Å². The third-order valence-corrected chi connectivity index (χ3v) is 7.78. The van der Waals surface area contributed by atoms with E-state index in [4.69, 9.17) is 14.2 Å². The van der Waals surface area contributed by atoms with Crippen molar-refractivity contribution in [2.45, 2.75) is 65.0 Å². The number of hydrogen-bond acceptors (Lipinski definition) is 8. The lowest BCUT2D eigenvalue weighted by atomic mass is 9.91. The lowest BCUT2D eigenvalue weighted by Crippen LogP contribution is -2.48. The smallest absolute Gasteiger partial charge is 0.410 e. The molecule has 2 amide bonds. The number of amides is 2. The maximum Gasteiger partial charge on any atom is 0.410 e. The van der Waals surface area contributed by atoms with Gasteiger partial charge >= 0.3 is 18.2 Å². The van der Waals surface area contributed by atoms with Crippen LogP contribution in [0.1, 0.15) is 51.2 Å². The van der Waals surface area contributed by atoms with Crippen LogP contribution in [0.4, 0.5) is 9.59 Å². The van der Waals surface area contributed by atoms with Gasteiger partial charge in [0.15, 0.2) is 0 Å². The van der Waals surface area contributed by atoms with Crippen molar-refractivity contribution in [3.63, 3.8) is 0 Å². The van der Waals surface area contributed by atoms with Gasteiger partial charge in [0, 0.05) is 46.2 Å². The number of rotatable bonds is 5. The van der Waals surface area contributed by atoms with Gasteiger partial charge < -0.3 is 34.0 Å². The molecule has 2 heterocycles. The molecule has 1 N–H and O–H groups in total. The van der Waals surface area contributed by atoms with Crippen molar-refractivity contribution in [1.29, 1.82) is 0 Å². The SMILES string of the molecule is C/C(=C\c1cccc(COC(=O)N(C)C)c1)[C@H]1OC(=O)C[C@H](O)CC[C@H](C)[C@@H](OC(=O)N2CCN(C)CC2)/C=C\[C@@H]1C. The second-order valence-corrected chi connectivity index (χ2v) is 11.8. The van der Waals surface area contributed by atoms with Crippen LogP contribution in [0.15, 0.2) is 42.0 Å². The molecular formula is C32H47N3O7. The number of aliphatic hydroxyl groups is 1. The Morgan fingerprint density at radius 1 is 1.12 bits per heavy atom. The fourth-order valence-corrected chi connectivity index (χ4v) is 5.02. The molecule has 0 spiro atoms. The molecule has 2 aliphatic heterocycles. The highest BCUT2D eigenvalue weighted by molar-refractivity contribution is 5.71. The predicted molar refractivity (Wildman–Crippen MR) is 161 cm³/mol. The second-order valence-electron chi connectivity index (χ2n) is 11.8. The van der Waals surface area contributed by atoms with Crippen molar-refractivity contribution in [3.05, 3.63) is 53.1 Å². The van der Waals surface area contributed by atoms with Crippen LogP contribution in [-0.4, -0.2) is 104 Å². The Balaban J connectivity index is 1.80. The Hall–Kier alpha value is -3.37. The van der Waals surface area contributed by atoms with Crippen molar-refractivity contribution in [2.24, 2.45) is 11.8 Å². The topological polar surface area (TPSA) is 109 Å². The van der Waals surface area contributed by atoms with E-state index in [9.17, 15) is 19.5 Å². The molecule has 0 aliphatic carbocycles. The summed E-state index contributed by atoms with van der Waals surface area (Å²) < 4.78 is 17.2. The first kappa shape index (κ1) is 33.1. The molecule has 1 fully saturated rings. The quantitative estimate of drug-likeness (QED) is 0.309. The van der Waals surface area contributed by atoms with E-state index in [1.807, 2.05) is 70.3 Å². The minimum Gasteiger partial charge on any atom is -0.457 e. The number of hydrogen-bond donors (Lipinski definition) is 1. The average Bonchev–Trinajstić information content (AvgIpc) is 2.95. The molecule has 10 heteroatoms. The molecule has 1 aromatic carbocycles. The molecule has 1 saturated heterocycles. The number of ether oxygens (including phenoxy) is 3. The van der Waals surface area contributed by atoms with Gasteiger partial charge in [0.25, 0.3) is 0 Å². The molecular weight excluding hydrogens is 538 g/mol. The lowest BCUT2D eigenvalue weighted by molar-refractivity contribution is -0.151. The molecule has 10 nitrogen and oxygen atoms in total. The van der Waals surface area contributed by atoms with Gasteiger partial charge in [-0.25, -0.2) is 9.59 Å². The van der Waals surface area contributed by atoms with Crippen molar-refractivity contribution in [1.82, 2.24) is 14.7 Å². The van der Waals surface area contributed by atoms with Crippen LogP contribution >= 0.6 is 0 Å². The Morgan fingerprint density at radius 2 is 1.83 bits per heavy atom. The first-order valence-electron chi connectivity index (χ1n) is 14.7. The molecule has 3 rings (SSSR count). The number of carbonyl (C=O) groups is 3. The zero-order valence-corrected chi connectivity index (χ0v) is 25.8. The first-order valence-corrected chi connectivity index (χ1v) is 14.7. The molecule has 0 radical (unpaired) electrons. The van der Waals surface area contributed by atoms with Crippen LogP contribution in [0.3, 0.4) is 0 Å². The monoisotopic (exact) mass is 585 g/mol. The molecule has 42 heavy (non-hydrogen) atoms. The Labute approximate surface area is 249 Å². The number of cyclic esters (lactones) is 1. The lowest BCUT2D eigenvalue weighted by Gasteiger charge is -2.33. The number of piperazine rings is 1. The summed E-state index contributed by atoms with van der Waals surface area (Å²) in [6, 6.07) is 7.61. The summed E-state index contributed by atoms with van der Waals surface area (Å²) in [7, 11) is 5.29. The fourth-order valence-electron chi connectivity index (χ4n) is 5.02.